The highest BCUT2D eigenvalue weighted by Gasteiger charge is 2.40. The number of fused-ring (bicyclic) bond motifs is 1. The lowest BCUT2D eigenvalue weighted by Crippen LogP contribution is -2.34. The fourth-order valence-corrected chi connectivity index (χ4v) is 7.04. The van der Waals surface area contributed by atoms with Crippen molar-refractivity contribution in [2.24, 2.45) is 29.6 Å². The van der Waals surface area contributed by atoms with E-state index in [0.29, 0.717) is 17.4 Å². The second-order valence-corrected chi connectivity index (χ2v) is 10.5. The smallest absolute Gasteiger partial charge is 0.399 e. The molecule has 32 heavy (non-hydrogen) atoms. The normalized spacial score (nSPS) is 33.6. The molecule has 0 aromatic heterocycles. The van der Waals surface area contributed by atoms with Crippen LogP contribution in [0.15, 0.2) is 12.1 Å². The summed E-state index contributed by atoms with van der Waals surface area (Å²) in [5.74, 6) is -0.0551. The van der Waals surface area contributed by atoms with Gasteiger partial charge in [-0.05, 0) is 105 Å². The third kappa shape index (κ3) is 5.59. The number of ether oxygens (including phenoxy) is 1. The molecule has 1 aromatic carbocycles. The fourth-order valence-electron chi connectivity index (χ4n) is 7.04. The van der Waals surface area contributed by atoms with Gasteiger partial charge in [0.15, 0.2) is 11.6 Å². The second kappa shape index (κ2) is 9.89. The first kappa shape index (κ1) is 23.8. The van der Waals surface area contributed by atoms with Crippen LogP contribution in [0.5, 0.6) is 5.75 Å². The standard InChI is InChI=1S/C26H35F5O/c1-2-3-16-4-6-17(7-5-16)18-8-9-20-13-21(11-10-19(20)12-18)22-14-23(27)25(24(28)15-22)32-26(29,30)31/h14-21H,2-13H2,1H3/t16?,17?,18-,19-,20-,21-/m1/s1. The highest BCUT2D eigenvalue weighted by molar-refractivity contribution is 5.33. The minimum atomic E-state index is -5.12. The Hall–Kier alpha value is -1.33. The van der Waals surface area contributed by atoms with E-state index in [1.165, 1.54) is 57.8 Å². The Kier molecular flexibility index (Phi) is 7.36. The van der Waals surface area contributed by atoms with Gasteiger partial charge in [-0.3, -0.25) is 0 Å². The van der Waals surface area contributed by atoms with Crippen LogP contribution in [0.4, 0.5) is 22.0 Å². The van der Waals surface area contributed by atoms with Crippen LogP contribution in [-0.4, -0.2) is 6.36 Å². The summed E-state index contributed by atoms with van der Waals surface area (Å²) in [6.45, 7) is 2.27. The molecule has 0 spiro atoms. The van der Waals surface area contributed by atoms with Gasteiger partial charge < -0.3 is 4.74 Å². The van der Waals surface area contributed by atoms with Crippen molar-refractivity contribution in [1.82, 2.24) is 0 Å². The van der Waals surface area contributed by atoms with Crippen molar-refractivity contribution in [2.75, 3.05) is 0 Å². The van der Waals surface area contributed by atoms with Gasteiger partial charge in [-0.15, -0.1) is 13.2 Å². The molecule has 3 saturated carbocycles. The van der Waals surface area contributed by atoms with E-state index in [1.807, 2.05) is 0 Å². The highest BCUT2D eigenvalue weighted by atomic mass is 19.4. The van der Waals surface area contributed by atoms with E-state index in [-0.39, 0.29) is 5.92 Å². The Balaban J connectivity index is 1.34. The van der Waals surface area contributed by atoms with Gasteiger partial charge >= 0.3 is 6.36 Å². The quantitative estimate of drug-likeness (QED) is 0.401. The first-order valence-electron chi connectivity index (χ1n) is 12.5. The molecule has 0 aliphatic heterocycles. The Morgan fingerprint density at radius 1 is 0.781 bits per heavy atom. The Bertz CT molecular complexity index is 745. The molecule has 0 amide bonds. The summed E-state index contributed by atoms with van der Waals surface area (Å²) in [5, 5.41) is 0. The topological polar surface area (TPSA) is 9.23 Å². The van der Waals surface area contributed by atoms with Crippen molar-refractivity contribution in [3.8, 4) is 5.75 Å². The molecule has 0 N–H and O–H groups in total. The van der Waals surface area contributed by atoms with E-state index in [9.17, 15) is 22.0 Å². The molecule has 0 radical (unpaired) electrons. The Morgan fingerprint density at radius 2 is 1.31 bits per heavy atom. The first-order chi connectivity index (χ1) is 15.2. The van der Waals surface area contributed by atoms with Crippen LogP contribution in [0, 0.1) is 41.2 Å². The van der Waals surface area contributed by atoms with Crippen molar-refractivity contribution in [3.05, 3.63) is 29.3 Å². The molecule has 6 heteroatoms. The maximum absolute atomic E-state index is 14.2. The number of benzene rings is 1. The van der Waals surface area contributed by atoms with E-state index >= 15 is 0 Å². The van der Waals surface area contributed by atoms with Crippen LogP contribution in [0.25, 0.3) is 0 Å². The van der Waals surface area contributed by atoms with Crippen LogP contribution < -0.4 is 4.74 Å². The zero-order chi connectivity index (χ0) is 22.9. The molecule has 1 aromatic rings. The predicted molar refractivity (Wildman–Crippen MR) is 114 cm³/mol. The van der Waals surface area contributed by atoms with Crippen LogP contribution in [0.2, 0.25) is 0 Å². The number of alkyl halides is 3. The highest BCUT2D eigenvalue weighted by Crippen LogP contribution is 2.51. The summed E-state index contributed by atoms with van der Waals surface area (Å²) >= 11 is 0. The average molecular weight is 459 g/mol. The number of hydrogen-bond donors (Lipinski definition) is 0. The minimum absolute atomic E-state index is 0.00113. The second-order valence-electron chi connectivity index (χ2n) is 10.5. The zero-order valence-electron chi connectivity index (χ0n) is 18.9. The van der Waals surface area contributed by atoms with Gasteiger partial charge in [0, 0.05) is 0 Å². The lowest BCUT2D eigenvalue weighted by Gasteiger charge is -2.45. The minimum Gasteiger partial charge on any atom is -0.399 e. The van der Waals surface area contributed by atoms with Crippen LogP contribution in [0.1, 0.15) is 95.5 Å². The van der Waals surface area contributed by atoms with Gasteiger partial charge in [-0.2, -0.15) is 0 Å². The molecular weight excluding hydrogens is 423 g/mol. The largest absolute Gasteiger partial charge is 0.573 e. The van der Waals surface area contributed by atoms with Crippen molar-refractivity contribution < 1.29 is 26.7 Å². The summed E-state index contributed by atoms with van der Waals surface area (Å²) < 4.78 is 69.1. The first-order valence-corrected chi connectivity index (χ1v) is 12.5. The van der Waals surface area contributed by atoms with Gasteiger partial charge in [-0.25, -0.2) is 8.78 Å². The monoisotopic (exact) mass is 458 g/mol. The summed E-state index contributed by atoms with van der Waals surface area (Å²) in [6, 6.07) is 2.07. The van der Waals surface area contributed by atoms with Gasteiger partial charge in [0.05, 0.1) is 0 Å². The number of rotatable bonds is 5. The molecule has 0 saturated heterocycles. The maximum Gasteiger partial charge on any atom is 0.573 e. The molecule has 0 bridgehead atoms. The molecule has 0 heterocycles. The van der Waals surface area contributed by atoms with E-state index < -0.39 is 23.7 Å². The van der Waals surface area contributed by atoms with Crippen molar-refractivity contribution >= 4 is 0 Å². The summed E-state index contributed by atoms with van der Waals surface area (Å²) in [5.41, 5.74) is 0.462. The predicted octanol–water partition coefficient (Wildman–Crippen LogP) is 8.77. The van der Waals surface area contributed by atoms with E-state index in [1.54, 1.807) is 0 Å². The molecule has 3 aliphatic carbocycles. The molecule has 4 atom stereocenters. The number of halogens is 5. The van der Waals surface area contributed by atoms with E-state index in [0.717, 1.165) is 49.1 Å². The van der Waals surface area contributed by atoms with Gasteiger partial charge in [0.2, 0.25) is 5.75 Å². The maximum atomic E-state index is 14.2. The molecule has 3 aliphatic rings. The van der Waals surface area contributed by atoms with E-state index in [4.69, 9.17) is 0 Å². The van der Waals surface area contributed by atoms with Gasteiger partial charge in [0.25, 0.3) is 0 Å². The Morgan fingerprint density at radius 3 is 1.91 bits per heavy atom. The van der Waals surface area contributed by atoms with Gasteiger partial charge in [0.1, 0.15) is 0 Å². The third-order valence-electron chi connectivity index (χ3n) is 8.62. The van der Waals surface area contributed by atoms with Crippen LogP contribution in [-0.2, 0) is 0 Å². The lowest BCUT2D eigenvalue weighted by molar-refractivity contribution is -0.276. The fraction of sp³-hybridized carbons (Fsp3) is 0.769. The molecule has 4 rings (SSSR count). The van der Waals surface area contributed by atoms with Gasteiger partial charge in [-0.1, -0.05) is 32.6 Å². The molecule has 1 nitrogen and oxygen atoms in total. The number of hydrogen-bond acceptors (Lipinski definition) is 1. The van der Waals surface area contributed by atoms with Crippen LogP contribution in [0.3, 0.4) is 0 Å². The molecular formula is C26H35F5O. The van der Waals surface area contributed by atoms with Crippen molar-refractivity contribution in [2.45, 2.75) is 96.3 Å². The van der Waals surface area contributed by atoms with Crippen LogP contribution >= 0.6 is 0 Å². The average Bonchev–Trinajstić information content (AvgIpc) is 2.75. The summed E-state index contributed by atoms with van der Waals surface area (Å²) in [6.07, 6.45) is 9.52. The molecule has 0 unspecified atom stereocenters. The third-order valence-corrected chi connectivity index (χ3v) is 8.62. The van der Waals surface area contributed by atoms with E-state index in [2.05, 4.69) is 11.7 Å². The SMILES string of the molecule is CCCC1CCC([C@@H]2CC[C@@H]3C[C@H](c4cc(F)c(OC(F)(F)F)c(F)c4)CC[C@@H]3C2)CC1. The lowest BCUT2D eigenvalue weighted by atomic mass is 9.60. The molecule has 180 valence electrons. The summed E-state index contributed by atoms with van der Waals surface area (Å²) in [7, 11) is 0. The van der Waals surface area contributed by atoms with Crippen molar-refractivity contribution in [1.29, 1.82) is 0 Å². The molecule has 3 fully saturated rings. The summed E-state index contributed by atoms with van der Waals surface area (Å²) in [4.78, 5) is 0. The zero-order valence-corrected chi connectivity index (χ0v) is 18.9. The Labute approximate surface area is 188 Å². The van der Waals surface area contributed by atoms with Crippen molar-refractivity contribution in [3.63, 3.8) is 0 Å².